The molecular formula is C24H21ClN2OS2. The van der Waals surface area contributed by atoms with Gasteiger partial charge in [0.2, 0.25) is 0 Å². The SMILES string of the molecule is CCN1CCc2c(sc(CC(=O)c3ccc(Cl)cc3)c2-c2nc3ccccc3s2)C1. The van der Waals surface area contributed by atoms with Crippen molar-refractivity contribution in [1.29, 1.82) is 0 Å². The first kappa shape index (κ1) is 19.9. The number of carbonyl (C=O) groups is 1. The number of benzene rings is 2. The molecule has 5 rings (SSSR count). The number of hydrogen-bond donors (Lipinski definition) is 0. The van der Waals surface area contributed by atoms with E-state index in [1.807, 2.05) is 18.2 Å². The molecule has 0 radical (unpaired) electrons. The lowest BCUT2D eigenvalue weighted by atomic mass is 9.99. The Morgan fingerprint density at radius 3 is 2.70 bits per heavy atom. The van der Waals surface area contributed by atoms with E-state index in [0.717, 1.165) is 41.5 Å². The maximum Gasteiger partial charge on any atom is 0.168 e. The van der Waals surface area contributed by atoms with Gasteiger partial charge >= 0.3 is 0 Å². The molecule has 0 spiro atoms. The second-order valence-electron chi connectivity index (χ2n) is 7.51. The van der Waals surface area contributed by atoms with Crippen molar-refractivity contribution in [3.63, 3.8) is 0 Å². The predicted molar refractivity (Wildman–Crippen MR) is 127 cm³/mol. The second-order valence-corrected chi connectivity index (χ2v) is 10.2. The van der Waals surface area contributed by atoms with Gasteiger partial charge in [-0.2, -0.15) is 0 Å². The average molecular weight is 453 g/mol. The smallest absolute Gasteiger partial charge is 0.168 e. The molecule has 1 aliphatic heterocycles. The van der Waals surface area contributed by atoms with E-state index in [4.69, 9.17) is 16.6 Å². The normalized spacial score (nSPS) is 14.2. The highest BCUT2D eigenvalue weighted by molar-refractivity contribution is 7.22. The molecular weight excluding hydrogens is 432 g/mol. The van der Waals surface area contributed by atoms with Crippen LogP contribution in [0.5, 0.6) is 0 Å². The van der Waals surface area contributed by atoms with Crippen LogP contribution < -0.4 is 0 Å². The molecule has 2 aromatic carbocycles. The van der Waals surface area contributed by atoms with Gasteiger partial charge in [-0.15, -0.1) is 22.7 Å². The zero-order valence-electron chi connectivity index (χ0n) is 16.7. The molecule has 2 aromatic heterocycles. The summed E-state index contributed by atoms with van der Waals surface area (Å²) in [5.74, 6) is 0.125. The Kier molecular flexibility index (Phi) is 5.46. The Bertz CT molecular complexity index is 1190. The zero-order chi connectivity index (χ0) is 20.7. The Labute approximate surface area is 189 Å². The minimum absolute atomic E-state index is 0.125. The summed E-state index contributed by atoms with van der Waals surface area (Å²) in [5.41, 5.74) is 4.33. The van der Waals surface area contributed by atoms with E-state index in [1.54, 1.807) is 34.8 Å². The van der Waals surface area contributed by atoms with E-state index >= 15 is 0 Å². The Balaban J connectivity index is 1.58. The van der Waals surface area contributed by atoms with Crippen molar-refractivity contribution in [1.82, 2.24) is 9.88 Å². The first-order chi connectivity index (χ1) is 14.6. The Morgan fingerprint density at radius 1 is 1.13 bits per heavy atom. The number of carbonyl (C=O) groups excluding carboxylic acids is 1. The van der Waals surface area contributed by atoms with E-state index in [-0.39, 0.29) is 5.78 Å². The first-order valence-electron chi connectivity index (χ1n) is 10.1. The number of hydrogen-bond acceptors (Lipinski definition) is 5. The third-order valence-corrected chi connectivity index (χ3v) is 8.17. The van der Waals surface area contributed by atoms with Gasteiger partial charge in [0, 0.05) is 45.4 Å². The largest absolute Gasteiger partial charge is 0.298 e. The van der Waals surface area contributed by atoms with Gasteiger partial charge in [0.15, 0.2) is 5.78 Å². The van der Waals surface area contributed by atoms with Crippen LogP contribution in [0, 0.1) is 0 Å². The molecule has 0 N–H and O–H groups in total. The van der Waals surface area contributed by atoms with E-state index in [9.17, 15) is 4.79 Å². The lowest BCUT2D eigenvalue weighted by molar-refractivity contribution is 0.0994. The summed E-state index contributed by atoms with van der Waals surface area (Å²) in [6.07, 6.45) is 1.41. The van der Waals surface area contributed by atoms with E-state index in [1.165, 1.54) is 20.7 Å². The van der Waals surface area contributed by atoms with Crippen LogP contribution in [0.4, 0.5) is 0 Å². The minimum Gasteiger partial charge on any atom is -0.298 e. The van der Waals surface area contributed by atoms with Crippen molar-refractivity contribution in [2.45, 2.75) is 26.3 Å². The number of Topliss-reactive ketones (excluding diaryl/α,β-unsaturated/α-hetero) is 1. The average Bonchev–Trinajstić information content (AvgIpc) is 3.33. The van der Waals surface area contributed by atoms with Gasteiger partial charge in [0.1, 0.15) is 5.01 Å². The highest BCUT2D eigenvalue weighted by atomic mass is 35.5. The molecule has 0 amide bonds. The molecule has 0 atom stereocenters. The third kappa shape index (κ3) is 3.71. The number of nitrogens with zero attached hydrogens (tertiary/aromatic N) is 2. The van der Waals surface area contributed by atoms with Gasteiger partial charge in [-0.1, -0.05) is 30.7 Å². The number of aromatic nitrogens is 1. The Hall–Kier alpha value is -2.05. The molecule has 0 saturated heterocycles. The topological polar surface area (TPSA) is 33.2 Å². The van der Waals surface area contributed by atoms with Gasteiger partial charge in [-0.3, -0.25) is 9.69 Å². The molecule has 0 bridgehead atoms. The van der Waals surface area contributed by atoms with Crippen LogP contribution in [-0.4, -0.2) is 28.8 Å². The fraction of sp³-hybridized carbons (Fsp3) is 0.250. The van der Waals surface area contributed by atoms with Crippen LogP contribution in [-0.2, 0) is 19.4 Å². The summed E-state index contributed by atoms with van der Waals surface area (Å²) in [5, 5.41) is 1.69. The van der Waals surface area contributed by atoms with Crippen LogP contribution in [0.15, 0.2) is 48.5 Å². The summed E-state index contributed by atoms with van der Waals surface area (Å²) >= 11 is 9.51. The van der Waals surface area contributed by atoms with Crippen LogP contribution in [0.1, 0.15) is 32.6 Å². The molecule has 0 unspecified atom stereocenters. The third-order valence-electron chi connectivity index (χ3n) is 5.65. The number of para-hydroxylation sites is 1. The fourth-order valence-corrected chi connectivity index (χ4v) is 6.67. The molecule has 1 aliphatic rings. The maximum absolute atomic E-state index is 13.1. The first-order valence-corrected chi connectivity index (χ1v) is 12.1. The highest BCUT2D eigenvalue weighted by Crippen LogP contribution is 2.43. The number of halogens is 1. The summed E-state index contributed by atoms with van der Waals surface area (Å²) in [7, 11) is 0. The lowest BCUT2D eigenvalue weighted by Crippen LogP contribution is -2.29. The number of rotatable bonds is 5. The van der Waals surface area contributed by atoms with Gasteiger partial charge in [-0.25, -0.2) is 4.98 Å². The molecule has 152 valence electrons. The zero-order valence-corrected chi connectivity index (χ0v) is 19.0. The van der Waals surface area contributed by atoms with Crippen LogP contribution in [0.2, 0.25) is 5.02 Å². The Morgan fingerprint density at radius 2 is 1.93 bits per heavy atom. The number of likely N-dealkylation sites (N-methyl/N-ethyl adjacent to an activating group) is 1. The quantitative estimate of drug-likeness (QED) is 0.325. The predicted octanol–water partition coefficient (Wildman–Crippen LogP) is 6.48. The van der Waals surface area contributed by atoms with Crippen molar-refractivity contribution in [3.05, 3.63) is 74.4 Å². The van der Waals surface area contributed by atoms with Gasteiger partial charge < -0.3 is 0 Å². The molecule has 30 heavy (non-hydrogen) atoms. The highest BCUT2D eigenvalue weighted by Gasteiger charge is 2.27. The minimum atomic E-state index is 0.125. The molecule has 0 fully saturated rings. The number of ketones is 1. The van der Waals surface area contributed by atoms with Gasteiger partial charge in [0.25, 0.3) is 0 Å². The standard InChI is InChI=1S/C24H21ClN2OS2/c1-2-27-12-11-17-22(14-27)29-21(13-19(28)15-7-9-16(25)10-8-15)23(17)24-26-18-5-3-4-6-20(18)30-24/h3-10H,2,11-14H2,1H3. The molecule has 0 saturated carbocycles. The van der Waals surface area contributed by atoms with Crippen molar-refractivity contribution in [2.24, 2.45) is 0 Å². The monoisotopic (exact) mass is 452 g/mol. The molecule has 4 aromatic rings. The van der Waals surface area contributed by atoms with Crippen LogP contribution >= 0.6 is 34.3 Å². The molecule has 6 heteroatoms. The van der Waals surface area contributed by atoms with Gasteiger partial charge in [-0.05, 0) is 54.9 Å². The van der Waals surface area contributed by atoms with Crippen molar-refractivity contribution < 1.29 is 4.79 Å². The van der Waals surface area contributed by atoms with Crippen molar-refractivity contribution in [3.8, 4) is 10.6 Å². The van der Waals surface area contributed by atoms with Crippen LogP contribution in [0.25, 0.3) is 20.8 Å². The van der Waals surface area contributed by atoms with Crippen molar-refractivity contribution >= 4 is 50.3 Å². The summed E-state index contributed by atoms with van der Waals surface area (Å²) in [6.45, 7) is 5.27. The number of fused-ring (bicyclic) bond motifs is 2. The number of thiophene rings is 1. The number of thiazole rings is 1. The summed E-state index contributed by atoms with van der Waals surface area (Å²) < 4.78 is 1.19. The van der Waals surface area contributed by atoms with Crippen LogP contribution in [0.3, 0.4) is 0 Å². The lowest BCUT2D eigenvalue weighted by Gasteiger charge is -2.25. The maximum atomic E-state index is 13.1. The van der Waals surface area contributed by atoms with Crippen molar-refractivity contribution in [2.75, 3.05) is 13.1 Å². The van der Waals surface area contributed by atoms with E-state index in [2.05, 4.69) is 30.0 Å². The molecule has 0 aliphatic carbocycles. The summed E-state index contributed by atoms with van der Waals surface area (Å²) in [4.78, 5) is 23.0. The fourth-order valence-electron chi connectivity index (χ4n) is 4.02. The van der Waals surface area contributed by atoms with Gasteiger partial charge in [0.05, 0.1) is 10.2 Å². The molecule has 3 heterocycles. The van der Waals surface area contributed by atoms with E-state index < -0.39 is 0 Å². The molecule has 3 nitrogen and oxygen atoms in total. The van der Waals surface area contributed by atoms with E-state index in [0.29, 0.717) is 17.0 Å². The second kappa shape index (κ2) is 8.23. The summed E-state index contributed by atoms with van der Waals surface area (Å²) in [6, 6.07) is 15.4.